The Labute approximate surface area is 143 Å². The predicted molar refractivity (Wildman–Crippen MR) is 88.4 cm³/mol. The van der Waals surface area contributed by atoms with Crippen LogP contribution in [0.2, 0.25) is 5.02 Å². The molecule has 0 aliphatic rings. The molecule has 0 fully saturated rings. The molecule has 3 N–H and O–H groups in total. The topological polar surface area (TPSA) is 54.9 Å². The van der Waals surface area contributed by atoms with Gasteiger partial charge in [0.15, 0.2) is 6.54 Å². The molecule has 1 amide bonds. The number of carbonyl (C=O) groups is 1. The number of carbonyl (C=O) groups excluding carboxylic acids is 1. The summed E-state index contributed by atoms with van der Waals surface area (Å²) < 4.78 is 28.4. The van der Waals surface area contributed by atoms with Gasteiger partial charge in [0.05, 0.1) is 0 Å². The molecule has 0 bridgehead atoms. The predicted octanol–water partition coefficient (Wildman–Crippen LogP) is 3.20. The number of ether oxygens (including phenoxy) is 1. The van der Waals surface area contributed by atoms with Crippen molar-refractivity contribution in [2.45, 2.75) is 19.6 Å². The number of alkyl halides is 2. The Morgan fingerprint density at radius 1 is 1.25 bits per heavy atom. The maximum atomic E-state index is 12.1. The van der Waals surface area contributed by atoms with Crippen LogP contribution < -0.4 is 15.4 Å². The third-order valence-electron chi connectivity index (χ3n) is 3.39. The number of hydrogen-bond acceptors (Lipinski definition) is 2. The molecule has 0 aliphatic heterocycles. The summed E-state index contributed by atoms with van der Waals surface area (Å²) in [5, 5.41) is 5.24. The van der Waals surface area contributed by atoms with Crippen LogP contribution in [0.1, 0.15) is 18.5 Å². The van der Waals surface area contributed by atoms with Gasteiger partial charge < -0.3 is 15.4 Å². The Bertz CT molecular complexity index is 681. The second-order valence-electron chi connectivity index (χ2n) is 5.23. The molecule has 0 spiro atoms. The van der Waals surface area contributed by atoms with Gasteiger partial charge >= 0.3 is 6.61 Å². The summed E-state index contributed by atoms with van der Waals surface area (Å²) in [6, 6.07) is 13.3. The lowest BCUT2D eigenvalue weighted by Gasteiger charge is -2.12. The molecule has 0 radical (unpaired) electrons. The van der Waals surface area contributed by atoms with E-state index in [0.717, 1.165) is 5.56 Å². The molecular formula is C17H18ClF2N2O2+. The number of quaternary nitrogens is 1. The summed E-state index contributed by atoms with van der Waals surface area (Å²) in [5.41, 5.74) is 1.55. The van der Waals surface area contributed by atoms with Crippen molar-refractivity contribution < 1.29 is 23.6 Å². The van der Waals surface area contributed by atoms with Crippen molar-refractivity contribution in [2.75, 3.05) is 11.9 Å². The van der Waals surface area contributed by atoms with Gasteiger partial charge in [-0.1, -0.05) is 23.7 Å². The van der Waals surface area contributed by atoms with Gasteiger partial charge in [-0.25, -0.2) is 0 Å². The molecule has 128 valence electrons. The first kappa shape index (κ1) is 18.2. The summed E-state index contributed by atoms with van der Waals surface area (Å²) in [7, 11) is 0. The molecule has 0 unspecified atom stereocenters. The molecule has 2 rings (SSSR count). The Morgan fingerprint density at radius 2 is 1.96 bits per heavy atom. The molecule has 0 saturated carbocycles. The first-order valence-electron chi connectivity index (χ1n) is 7.37. The summed E-state index contributed by atoms with van der Waals surface area (Å²) in [6.07, 6.45) is 0. The minimum atomic E-state index is -2.87. The van der Waals surface area contributed by atoms with E-state index in [1.54, 1.807) is 6.07 Å². The number of anilines is 1. The second-order valence-corrected chi connectivity index (χ2v) is 5.67. The van der Waals surface area contributed by atoms with Crippen LogP contribution in [0.25, 0.3) is 0 Å². The van der Waals surface area contributed by atoms with Crippen LogP contribution in [0.3, 0.4) is 0 Å². The standard InChI is InChI=1S/C17H17ClF2N2O2/c1-11(12-3-2-4-13(18)9-12)21-10-16(23)22-14-5-7-15(8-6-14)24-17(19)20/h2-9,11,17,21H,10H2,1H3,(H,22,23)/p+1/t11-/m0/s1. The Hall–Kier alpha value is -2.18. The molecule has 1 atom stereocenters. The fourth-order valence-corrected chi connectivity index (χ4v) is 2.34. The minimum Gasteiger partial charge on any atom is -0.435 e. The van der Waals surface area contributed by atoms with E-state index < -0.39 is 6.61 Å². The number of halogens is 3. The Morgan fingerprint density at radius 3 is 2.58 bits per heavy atom. The van der Waals surface area contributed by atoms with Crippen molar-refractivity contribution in [1.29, 1.82) is 0 Å². The van der Waals surface area contributed by atoms with Crippen LogP contribution in [0.15, 0.2) is 48.5 Å². The smallest absolute Gasteiger partial charge is 0.387 e. The van der Waals surface area contributed by atoms with Crippen molar-refractivity contribution in [3.05, 3.63) is 59.1 Å². The first-order chi connectivity index (χ1) is 11.4. The van der Waals surface area contributed by atoms with E-state index in [4.69, 9.17) is 11.6 Å². The number of amides is 1. The highest BCUT2D eigenvalue weighted by Crippen LogP contribution is 2.17. The molecule has 0 aliphatic carbocycles. The SMILES string of the molecule is C[C@H]([NH2+]CC(=O)Nc1ccc(OC(F)F)cc1)c1cccc(Cl)c1. The molecule has 2 aromatic carbocycles. The van der Waals surface area contributed by atoms with Gasteiger partial charge in [-0.15, -0.1) is 0 Å². The van der Waals surface area contributed by atoms with Crippen LogP contribution in [-0.4, -0.2) is 19.1 Å². The van der Waals surface area contributed by atoms with E-state index >= 15 is 0 Å². The summed E-state index contributed by atoms with van der Waals surface area (Å²) in [5.74, 6) is -0.143. The third-order valence-corrected chi connectivity index (χ3v) is 3.63. The lowest BCUT2D eigenvalue weighted by Crippen LogP contribution is -2.86. The number of nitrogens with two attached hydrogens (primary N) is 1. The van der Waals surface area contributed by atoms with Crippen molar-refractivity contribution in [1.82, 2.24) is 0 Å². The minimum absolute atomic E-state index is 0.0455. The highest BCUT2D eigenvalue weighted by Gasteiger charge is 2.12. The van der Waals surface area contributed by atoms with Crippen molar-refractivity contribution in [2.24, 2.45) is 0 Å². The summed E-state index contributed by atoms with van der Waals surface area (Å²) >= 11 is 5.95. The van der Waals surface area contributed by atoms with E-state index in [0.29, 0.717) is 10.7 Å². The fourth-order valence-electron chi connectivity index (χ4n) is 2.14. The number of hydrogen-bond donors (Lipinski definition) is 2. The van der Waals surface area contributed by atoms with Crippen LogP contribution in [0.5, 0.6) is 5.75 Å². The van der Waals surface area contributed by atoms with Gasteiger partial charge in [-0.2, -0.15) is 8.78 Å². The van der Waals surface area contributed by atoms with E-state index in [1.165, 1.54) is 24.3 Å². The zero-order valence-electron chi connectivity index (χ0n) is 13.0. The molecule has 0 saturated heterocycles. The van der Waals surface area contributed by atoms with Gasteiger partial charge in [-0.05, 0) is 43.3 Å². The lowest BCUT2D eigenvalue weighted by atomic mass is 10.1. The molecule has 0 aromatic heterocycles. The van der Waals surface area contributed by atoms with Gasteiger partial charge in [0.2, 0.25) is 0 Å². The van der Waals surface area contributed by atoms with Gasteiger partial charge in [0.1, 0.15) is 11.8 Å². The summed E-state index contributed by atoms with van der Waals surface area (Å²) in [4.78, 5) is 12.0. The molecular weight excluding hydrogens is 338 g/mol. The van der Waals surface area contributed by atoms with Crippen LogP contribution in [-0.2, 0) is 4.79 Å². The second kappa shape index (κ2) is 8.61. The highest BCUT2D eigenvalue weighted by molar-refractivity contribution is 6.30. The monoisotopic (exact) mass is 355 g/mol. The maximum Gasteiger partial charge on any atom is 0.387 e. The number of benzene rings is 2. The average Bonchev–Trinajstić information content (AvgIpc) is 2.54. The molecule has 4 nitrogen and oxygen atoms in total. The average molecular weight is 356 g/mol. The van der Waals surface area contributed by atoms with Crippen molar-refractivity contribution in [3.8, 4) is 5.75 Å². The quantitative estimate of drug-likeness (QED) is 0.801. The molecule has 7 heteroatoms. The van der Waals surface area contributed by atoms with Crippen molar-refractivity contribution in [3.63, 3.8) is 0 Å². The maximum absolute atomic E-state index is 12.1. The molecule has 24 heavy (non-hydrogen) atoms. The lowest BCUT2D eigenvalue weighted by molar-refractivity contribution is -0.682. The summed E-state index contributed by atoms with van der Waals surface area (Å²) in [6.45, 7) is -0.661. The van der Waals surface area contributed by atoms with Gasteiger partial charge in [0, 0.05) is 16.3 Å². The number of nitrogens with one attached hydrogen (secondary N) is 1. The van der Waals surface area contributed by atoms with Crippen molar-refractivity contribution >= 4 is 23.2 Å². The van der Waals surface area contributed by atoms with Crippen LogP contribution in [0, 0.1) is 0 Å². The fraction of sp³-hybridized carbons (Fsp3) is 0.235. The van der Waals surface area contributed by atoms with E-state index in [1.807, 2.05) is 30.4 Å². The molecule has 0 heterocycles. The number of rotatable bonds is 7. The van der Waals surface area contributed by atoms with E-state index in [9.17, 15) is 13.6 Å². The Kier molecular flexibility index (Phi) is 6.52. The third kappa shape index (κ3) is 5.79. The highest BCUT2D eigenvalue weighted by atomic mass is 35.5. The van der Waals surface area contributed by atoms with E-state index in [2.05, 4.69) is 10.1 Å². The largest absolute Gasteiger partial charge is 0.435 e. The van der Waals surface area contributed by atoms with Gasteiger partial charge in [-0.3, -0.25) is 4.79 Å². The zero-order chi connectivity index (χ0) is 17.5. The van der Waals surface area contributed by atoms with Crippen LogP contribution >= 0.6 is 11.6 Å². The van der Waals surface area contributed by atoms with Gasteiger partial charge in [0.25, 0.3) is 5.91 Å². The first-order valence-corrected chi connectivity index (χ1v) is 7.75. The Balaban J connectivity index is 1.82. The normalized spacial score (nSPS) is 12.0. The molecule has 2 aromatic rings. The van der Waals surface area contributed by atoms with E-state index in [-0.39, 0.29) is 24.2 Å². The zero-order valence-corrected chi connectivity index (χ0v) is 13.8. The van der Waals surface area contributed by atoms with Crippen LogP contribution in [0.4, 0.5) is 14.5 Å².